The van der Waals surface area contributed by atoms with Crippen LogP contribution in [0.1, 0.15) is 48.3 Å². The normalized spacial score (nSPS) is 13.3. The van der Waals surface area contributed by atoms with Gasteiger partial charge in [-0.25, -0.2) is 4.98 Å². The number of nitrogens with zero attached hydrogens (tertiary/aromatic N) is 5. The van der Waals surface area contributed by atoms with E-state index in [2.05, 4.69) is 39.7 Å². The molecule has 0 spiro atoms. The minimum atomic E-state index is -0.207. The van der Waals surface area contributed by atoms with Crippen molar-refractivity contribution >= 4 is 16.9 Å². The number of imidazole rings is 1. The number of tetrazole rings is 1. The van der Waals surface area contributed by atoms with Gasteiger partial charge in [0, 0.05) is 5.56 Å². The molecule has 2 aromatic heterocycles. The zero-order chi connectivity index (χ0) is 20.4. The SMILES string of the molecule is CC[C@H](C)[C@@H](NC(=O)c1ccc(-n2nnnc2C)cc1)c1nc2ccccc2[nH]1. The number of para-hydroxylation sites is 2. The smallest absolute Gasteiger partial charge is 0.251 e. The maximum atomic E-state index is 12.9. The Hall–Kier alpha value is -3.55. The first kappa shape index (κ1) is 18.8. The topological polar surface area (TPSA) is 101 Å². The van der Waals surface area contributed by atoms with E-state index >= 15 is 0 Å². The van der Waals surface area contributed by atoms with E-state index in [1.807, 2.05) is 43.3 Å². The van der Waals surface area contributed by atoms with Gasteiger partial charge in [-0.3, -0.25) is 4.79 Å². The van der Waals surface area contributed by atoms with Gasteiger partial charge in [-0.1, -0.05) is 32.4 Å². The van der Waals surface area contributed by atoms with Gasteiger partial charge in [0.05, 0.1) is 22.8 Å². The van der Waals surface area contributed by atoms with Crippen molar-refractivity contribution in [3.63, 3.8) is 0 Å². The van der Waals surface area contributed by atoms with E-state index in [0.29, 0.717) is 11.4 Å². The zero-order valence-electron chi connectivity index (χ0n) is 16.6. The molecule has 2 N–H and O–H groups in total. The highest BCUT2D eigenvalue weighted by molar-refractivity contribution is 5.94. The van der Waals surface area contributed by atoms with Crippen molar-refractivity contribution in [2.45, 2.75) is 33.2 Å². The number of carbonyl (C=O) groups is 1. The van der Waals surface area contributed by atoms with E-state index in [0.717, 1.165) is 29.0 Å². The van der Waals surface area contributed by atoms with Gasteiger partial charge >= 0.3 is 0 Å². The Morgan fingerprint density at radius 2 is 1.93 bits per heavy atom. The Balaban J connectivity index is 1.57. The number of aromatic amines is 1. The van der Waals surface area contributed by atoms with E-state index in [9.17, 15) is 4.79 Å². The van der Waals surface area contributed by atoms with E-state index in [1.54, 1.807) is 16.8 Å². The van der Waals surface area contributed by atoms with Crippen LogP contribution >= 0.6 is 0 Å². The van der Waals surface area contributed by atoms with Crippen molar-refractivity contribution in [1.29, 1.82) is 0 Å². The number of aryl methyl sites for hydroxylation is 1. The molecule has 8 nitrogen and oxygen atoms in total. The van der Waals surface area contributed by atoms with Crippen LogP contribution in [0.5, 0.6) is 0 Å². The van der Waals surface area contributed by atoms with Gasteiger partial charge in [-0.15, -0.1) is 5.10 Å². The Bertz CT molecular complexity index is 1100. The molecule has 0 aliphatic carbocycles. The van der Waals surface area contributed by atoms with Gasteiger partial charge in [-0.05, 0) is 59.7 Å². The summed E-state index contributed by atoms with van der Waals surface area (Å²) in [5.41, 5.74) is 3.24. The fourth-order valence-electron chi connectivity index (χ4n) is 3.28. The Labute approximate surface area is 168 Å². The average Bonchev–Trinajstić information content (AvgIpc) is 3.37. The van der Waals surface area contributed by atoms with Crippen molar-refractivity contribution in [2.24, 2.45) is 5.92 Å². The van der Waals surface area contributed by atoms with E-state index in [1.165, 1.54) is 0 Å². The number of fused-ring (bicyclic) bond motifs is 1. The molecule has 0 saturated carbocycles. The lowest BCUT2D eigenvalue weighted by atomic mass is 9.98. The molecule has 148 valence electrons. The number of rotatable bonds is 6. The number of hydrogen-bond acceptors (Lipinski definition) is 5. The molecule has 4 rings (SSSR count). The summed E-state index contributed by atoms with van der Waals surface area (Å²) in [5.74, 6) is 1.54. The van der Waals surface area contributed by atoms with Crippen LogP contribution < -0.4 is 5.32 Å². The molecule has 0 unspecified atom stereocenters. The molecule has 0 radical (unpaired) electrons. The highest BCUT2D eigenvalue weighted by Crippen LogP contribution is 2.25. The van der Waals surface area contributed by atoms with Gasteiger partial charge in [0.25, 0.3) is 5.91 Å². The van der Waals surface area contributed by atoms with Crippen LogP contribution in [-0.2, 0) is 0 Å². The number of carbonyl (C=O) groups excluding carboxylic acids is 1. The molecular weight excluding hydrogens is 366 g/mol. The average molecular weight is 389 g/mol. The molecule has 0 aliphatic heterocycles. The molecule has 0 aliphatic rings. The molecular formula is C21H23N7O. The minimum absolute atomic E-state index is 0.143. The number of amides is 1. The Morgan fingerprint density at radius 3 is 2.59 bits per heavy atom. The molecule has 1 amide bonds. The summed E-state index contributed by atoms with van der Waals surface area (Å²) >= 11 is 0. The molecule has 4 aromatic rings. The fourth-order valence-corrected chi connectivity index (χ4v) is 3.28. The summed E-state index contributed by atoms with van der Waals surface area (Å²) in [4.78, 5) is 21.0. The van der Waals surface area contributed by atoms with Crippen molar-refractivity contribution in [1.82, 2.24) is 35.5 Å². The maximum absolute atomic E-state index is 12.9. The molecule has 29 heavy (non-hydrogen) atoms. The fraction of sp³-hybridized carbons (Fsp3) is 0.286. The van der Waals surface area contributed by atoms with Crippen LogP contribution in [0.15, 0.2) is 48.5 Å². The van der Waals surface area contributed by atoms with Gasteiger partial charge in [0.1, 0.15) is 5.82 Å². The lowest BCUT2D eigenvalue weighted by molar-refractivity contribution is 0.0920. The van der Waals surface area contributed by atoms with E-state index < -0.39 is 0 Å². The van der Waals surface area contributed by atoms with Crippen LogP contribution in [0.4, 0.5) is 0 Å². The third-order valence-corrected chi connectivity index (χ3v) is 5.20. The Morgan fingerprint density at radius 1 is 1.17 bits per heavy atom. The predicted octanol–water partition coefficient (Wildman–Crippen LogP) is 3.36. The molecule has 0 bridgehead atoms. The highest BCUT2D eigenvalue weighted by atomic mass is 16.1. The van der Waals surface area contributed by atoms with Gasteiger partial charge in [-0.2, -0.15) is 4.68 Å². The van der Waals surface area contributed by atoms with Gasteiger partial charge in [0.15, 0.2) is 5.82 Å². The number of hydrogen-bond donors (Lipinski definition) is 2. The van der Waals surface area contributed by atoms with Crippen molar-refractivity contribution in [3.8, 4) is 5.69 Å². The first-order chi connectivity index (χ1) is 14.1. The van der Waals surface area contributed by atoms with Crippen LogP contribution in [0, 0.1) is 12.8 Å². The summed E-state index contributed by atoms with van der Waals surface area (Å²) in [7, 11) is 0. The number of nitrogens with one attached hydrogen (secondary N) is 2. The summed E-state index contributed by atoms with van der Waals surface area (Å²) in [6.07, 6.45) is 0.916. The second kappa shape index (κ2) is 7.83. The Kier molecular flexibility index (Phi) is 5.07. The van der Waals surface area contributed by atoms with Crippen molar-refractivity contribution < 1.29 is 4.79 Å². The summed E-state index contributed by atoms with van der Waals surface area (Å²) in [5, 5.41) is 14.6. The number of benzene rings is 2. The lowest BCUT2D eigenvalue weighted by Gasteiger charge is -2.22. The molecule has 2 atom stereocenters. The molecule has 0 saturated heterocycles. The summed E-state index contributed by atoms with van der Waals surface area (Å²) < 4.78 is 1.62. The van der Waals surface area contributed by atoms with Gasteiger partial charge < -0.3 is 10.3 Å². The standard InChI is InChI=1S/C21H23N7O/c1-4-13(2)19(20-22-17-7-5-6-8-18(17)23-20)24-21(29)15-9-11-16(12-10-15)28-14(3)25-26-27-28/h5-13,19H,4H2,1-3H3,(H,22,23)(H,24,29)/t13-,19+/m0/s1. The highest BCUT2D eigenvalue weighted by Gasteiger charge is 2.24. The molecule has 8 heteroatoms. The molecule has 2 aromatic carbocycles. The zero-order valence-corrected chi connectivity index (χ0v) is 16.6. The first-order valence-electron chi connectivity index (χ1n) is 9.67. The lowest BCUT2D eigenvalue weighted by Crippen LogP contribution is -2.33. The first-order valence-corrected chi connectivity index (χ1v) is 9.67. The molecule has 0 fully saturated rings. The summed E-state index contributed by atoms with van der Waals surface area (Å²) in [6, 6.07) is 14.9. The van der Waals surface area contributed by atoms with Crippen molar-refractivity contribution in [3.05, 3.63) is 65.7 Å². The minimum Gasteiger partial charge on any atom is -0.342 e. The number of aromatic nitrogens is 6. The summed E-state index contributed by atoms with van der Waals surface area (Å²) in [6.45, 7) is 6.04. The van der Waals surface area contributed by atoms with Crippen LogP contribution in [0.3, 0.4) is 0 Å². The third kappa shape index (κ3) is 3.73. The quantitative estimate of drug-likeness (QED) is 0.526. The maximum Gasteiger partial charge on any atom is 0.251 e. The van der Waals surface area contributed by atoms with E-state index in [4.69, 9.17) is 4.98 Å². The molecule has 2 heterocycles. The van der Waals surface area contributed by atoms with Crippen LogP contribution in [0.25, 0.3) is 16.7 Å². The van der Waals surface area contributed by atoms with Gasteiger partial charge in [0.2, 0.25) is 0 Å². The predicted molar refractivity (Wildman–Crippen MR) is 110 cm³/mol. The number of H-pyrrole nitrogens is 1. The van der Waals surface area contributed by atoms with E-state index in [-0.39, 0.29) is 17.9 Å². The second-order valence-corrected chi connectivity index (χ2v) is 7.16. The second-order valence-electron chi connectivity index (χ2n) is 7.16. The third-order valence-electron chi connectivity index (χ3n) is 5.20. The largest absolute Gasteiger partial charge is 0.342 e. The van der Waals surface area contributed by atoms with Crippen molar-refractivity contribution in [2.75, 3.05) is 0 Å². The van der Waals surface area contributed by atoms with Crippen LogP contribution in [0.2, 0.25) is 0 Å². The monoisotopic (exact) mass is 389 g/mol. The van der Waals surface area contributed by atoms with Crippen LogP contribution in [-0.4, -0.2) is 36.1 Å².